The molecule has 0 fully saturated rings. The van der Waals surface area contributed by atoms with Crippen LogP contribution in [0.25, 0.3) is 10.2 Å². The van der Waals surface area contributed by atoms with Crippen molar-refractivity contribution in [1.29, 1.82) is 0 Å². The van der Waals surface area contributed by atoms with Crippen LogP contribution < -0.4 is 5.56 Å². The summed E-state index contributed by atoms with van der Waals surface area (Å²) >= 11 is 1.12. The number of esters is 1. The average Bonchev–Trinajstić information content (AvgIpc) is 2.75. The number of nitrogens with zero attached hydrogens (tertiary/aromatic N) is 2. The van der Waals surface area contributed by atoms with Gasteiger partial charge < -0.3 is 4.74 Å². The van der Waals surface area contributed by atoms with Gasteiger partial charge in [-0.3, -0.25) is 14.2 Å². The Morgan fingerprint density at radius 3 is 2.65 bits per heavy atom. The van der Waals surface area contributed by atoms with E-state index in [0.717, 1.165) is 11.3 Å². The molecular weight excluding hydrogens is 280 g/mol. The predicted molar refractivity (Wildman–Crippen MR) is 75.3 cm³/mol. The molecule has 6 nitrogen and oxygen atoms in total. The highest BCUT2D eigenvalue weighted by atomic mass is 32.1. The third-order valence-corrected chi connectivity index (χ3v) is 4.43. The quantitative estimate of drug-likeness (QED) is 0.805. The van der Waals surface area contributed by atoms with Crippen molar-refractivity contribution in [2.75, 3.05) is 7.11 Å². The number of aromatic nitrogens is 2. The van der Waals surface area contributed by atoms with Gasteiger partial charge in [0.15, 0.2) is 5.78 Å². The third-order valence-electron chi connectivity index (χ3n) is 3.25. The molecule has 0 aliphatic carbocycles. The fourth-order valence-corrected chi connectivity index (χ4v) is 2.95. The molecule has 0 bridgehead atoms. The van der Waals surface area contributed by atoms with Crippen LogP contribution in [0.5, 0.6) is 0 Å². The van der Waals surface area contributed by atoms with Gasteiger partial charge in [-0.15, -0.1) is 11.3 Å². The predicted octanol–water partition coefficient (Wildman–Crippen LogP) is 1.70. The number of carbonyl (C=O) groups is 2. The maximum absolute atomic E-state index is 12.4. The van der Waals surface area contributed by atoms with Crippen molar-refractivity contribution < 1.29 is 14.3 Å². The van der Waals surface area contributed by atoms with Crippen molar-refractivity contribution in [3.05, 3.63) is 27.1 Å². The van der Waals surface area contributed by atoms with Crippen LogP contribution >= 0.6 is 11.3 Å². The summed E-state index contributed by atoms with van der Waals surface area (Å²) in [5.41, 5.74) is 0.223. The molecule has 7 heteroatoms. The van der Waals surface area contributed by atoms with E-state index >= 15 is 0 Å². The van der Waals surface area contributed by atoms with Crippen molar-refractivity contribution in [1.82, 2.24) is 9.55 Å². The van der Waals surface area contributed by atoms with Crippen LogP contribution in [0.15, 0.2) is 11.1 Å². The fraction of sp³-hybridized carbons (Fsp3) is 0.385. The summed E-state index contributed by atoms with van der Waals surface area (Å²) in [4.78, 5) is 40.5. The Hall–Kier alpha value is -2.02. The molecule has 2 rings (SSSR count). The molecule has 1 atom stereocenters. The summed E-state index contributed by atoms with van der Waals surface area (Å²) in [6.07, 6.45) is 1.34. The zero-order valence-electron chi connectivity index (χ0n) is 11.6. The number of aryl methyl sites for hydroxylation is 1. The lowest BCUT2D eigenvalue weighted by Crippen LogP contribution is -2.27. The number of rotatable bonds is 3. The Balaban J connectivity index is 2.74. The number of thiophene rings is 1. The Labute approximate surface area is 119 Å². The van der Waals surface area contributed by atoms with Gasteiger partial charge in [0.05, 0.1) is 24.9 Å². The summed E-state index contributed by atoms with van der Waals surface area (Å²) in [7, 11) is 1.29. The molecule has 2 aromatic rings. The summed E-state index contributed by atoms with van der Waals surface area (Å²) in [5.74, 6) is -0.620. The van der Waals surface area contributed by atoms with Crippen LogP contribution in [0.1, 0.15) is 35.1 Å². The second-order valence-corrected chi connectivity index (χ2v) is 5.47. The lowest BCUT2D eigenvalue weighted by molar-refractivity contribution is -0.119. The normalized spacial score (nSPS) is 12.4. The molecule has 20 heavy (non-hydrogen) atoms. The van der Waals surface area contributed by atoms with Gasteiger partial charge in [0.1, 0.15) is 9.71 Å². The van der Waals surface area contributed by atoms with Gasteiger partial charge in [0.2, 0.25) is 0 Å². The Bertz CT molecular complexity index is 760. The average molecular weight is 294 g/mol. The van der Waals surface area contributed by atoms with Crippen molar-refractivity contribution in [3.63, 3.8) is 0 Å². The van der Waals surface area contributed by atoms with E-state index in [1.807, 2.05) is 0 Å². The number of ether oxygens (including phenoxy) is 1. The first-order valence-corrected chi connectivity index (χ1v) is 6.79. The van der Waals surface area contributed by atoms with Gasteiger partial charge in [-0.1, -0.05) is 0 Å². The minimum atomic E-state index is -0.583. The standard InChI is InChI=1S/C13H14N2O4S/c1-6-9-11(20-10(6)13(18)19-4)14-5-15(12(9)17)7(2)8(3)16/h5,7H,1-4H3/t7-/m0/s1. The van der Waals surface area contributed by atoms with E-state index in [4.69, 9.17) is 0 Å². The van der Waals surface area contributed by atoms with Gasteiger partial charge in [0.25, 0.3) is 5.56 Å². The maximum atomic E-state index is 12.4. The first-order valence-electron chi connectivity index (χ1n) is 5.97. The molecule has 0 radical (unpaired) electrons. The fourth-order valence-electron chi connectivity index (χ4n) is 1.90. The number of hydrogen-bond acceptors (Lipinski definition) is 6. The number of Topliss-reactive ketones (excluding diaryl/α,β-unsaturated/α-hetero) is 1. The van der Waals surface area contributed by atoms with Crippen LogP contribution in [0.4, 0.5) is 0 Å². The molecule has 0 saturated heterocycles. The van der Waals surface area contributed by atoms with E-state index in [0.29, 0.717) is 20.7 Å². The molecule has 0 N–H and O–H groups in total. The van der Waals surface area contributed by atoms with Gasteiger partial charge >= 0.3 is 5.97 Å². The second kappa shape index (κ2) is 5.16. The molecule has 0 aliphatic rings. The molecule has 106 valence electrons. The summed E-state index contributed by atoms with van der Waals surface area (Å²) in [6, 6.07) is -0.583. The summed E-state index contributed by atoms with van der Waals surface area (Å²) in [5, 5.41) is 0.367. The van der Waals surface area contributed by atoms with E-state index in [-0.39, 0.29) is 11.3 Å². The largest absolute Gasteiger partial charge is 0.465 e. The zero-order chi connectivity index (χ0) is 15.0. The molecule has 2 aromatic heterocycles. The lowest BCUT2D eigenvalue weighted by Gasteiger charge is -2.10. The molecule has 2 heterocycles. The number of hydrogen-bond donors (Lipinski definition) is 0. The highest BCUT2D eigenvalue weighted by Crippen LogP contribution is 2.27. The van der Waals surface area contributed by atoms with Gasteiger partial charge in [-0.25, -0.2) is 9.78 Å². The monoisotopic (exact) mass is 294 g/mol. The number of carbonyl (C=O) groups excluding carboxylic acids is 2. The van der Waals surface area contributed by atoms with Crippen molar-refractivity contribution in [2.24, 2.45) is 0 Å². The summed E-state index contributed by atoms with van der Waals surface area (Å²) < 4.78 is 5.97. The van der Waals surface area contributed by atoms with Crippen LogP contribution in [0, 0.1) is 6.92 Å². The zero-order valence-corrected chi connectivity index (χ0v) is 12.4. The van der Waals surface area contributed by atoms with Crippen LogP contribution in [-0.2, 0) is 9.53 Å². The summed E-state index contributed by atoms with van der Waals surface area (Å²) in [6.45, 7) is 4.73. The molecule has 0 amide bonds. The minimum absolute atomic E-state index is 0.130. The first-order chi connectivity index (χ1) is 9.38. The first kappa shape index (κ1) is 14.4. The molecule has 0 spiro atoms. The van der Waals surface area contributed by atoms with Crippen LogP contribution in [-0.4, -0.2) is 28.4 Å². The highest BCUT2D eigenvalue weighted by molar-refractivity contribution is 7.20. The topological polar surface area (TPSA) is 78.3 Å². The van der Waals surface area contributed by atoms with E-state index in [2.05, 4.69) is 9.72 Å². The van der Waals surface area contributed by atoms with Gasteiger partial charge in [-0.05, 0) is 26.3 Å². The Kier molecular flexibility index (Phi) is 3.71. The smallest absolute Gasteiger partial charge is 0.348 e. The van der Waals surface area contributed by atoms with E-state index in [1.165, 1.54) is 24.9 Å². The second-order valence-electron chi connectivity index (χ2n) is 4.47. The number of ketones is 1. The van der Waals surface area contributed by atoms with E-state index < -0.39 is 12.0 Å². The molecule has 0 unspecified atom stereocenters. The van der Waals surface area contributed by atoms with Crippen LogP contribution in [0.3, 0.4) is 0 Å². The Morgan fingerprint density at radius 2 is 2.10 bits per heavy atom. The SMILES string of the molecule is COC(=O)c1sc2ncn([C@@H](C)C(C)=O)c(=O)c2c1C. The van der Waals surface area contributed by atoms with Gasteiger partial charge in [0, 0.05) is 0 Å². The number of fused-ring (bicyclic) bond motifs is 1. The number of methoxy groups -OCH3 is 1. The minimum Gasteiger partial charge on any atom is -0.465 e. The van der Waals surface area contributed by atoms with Crippen molar-refractivity contribution >= 4 is 33.3 Å². The van der Waals surface area contributed by atoms with Crippen LogP contribution in [0.2, 0.25) is 0 Å². The van der Waals surface area contributed by atoms with Gasteiger partial charge in [-0.2, -0.15) is 0 Å². The highest BCUT2D eigenvalue weighted by Gasteiger charge is 2.21. The molecule has 0 saturated carbocycles. The van der Waals surface area contributed by atoms with Crippen molar-refractivity contribution in [3.8, 4) is 0 Å². The Morgan fingerprint density at radius 1 is 1.45 bits per heavy atom. The maximum Gasteiger partial charge on any atom is 0.348 e. The van der Waals surface area contributed by atoms with Crippen molar-refractivity contribution in [2.45, 2.75) is 26.8 Å². The van der Waals surface area contributed by atoms with E-state index in [9.17, 15) is 14.4 Å². The molecule has 0 aliphatic heterocycles. The molecular formula is C13H14N2O4S. The lowest BCUT2D eigenvalue weighted by atomic mass is 10.2. The van der Waals surface area contributed by atoms with E-state index in [1.54, 1.807) is 13.8 Å². The molecule has 0 aromatic carbocycles. The third kappa shape index (κ3) is 2.14.